The SMILES string of the molecule is CC1CN(CC(=O)NCCc2cccs2)CC(C)N1. The van der Waals surface area contributed by atoms with Gasteiger partial charge in [-0.25, -0.2) is 0 Å². The molecule has 2 rings (SSSR count). The molecule has 1 saturated heterocycles. The maximum atomic E-state index is 11.9. The average molecular weight is 281 g/mol. The first-order valence-corrected chi connectivity index (χ1v) is 7.79. The molecule has 1 aromatic rings. The number of amides is 1. The van der Waals surface area contributed by atoms with Crippen LogP contribution in [0.25, 0.3) is 0 Å². The largest absolute Gasteiger partial charge is 0.355 e. The van der Waals surface area contributed by atoms with Crippen molar-refractivity contribution in [2.24, 2.45) is 0 Å². The van der Waals surface area contributed by atoms with Crippen molar-refractivity contribution in [3.63, 3.8) is 0 Å². The van der Waals surface area contributed by atoms with Crippen LogP contribution in [0.1, 0.15) is 18.7 Å². The van der Waals surface area contributed by atoms with Gasteiger partial charge in [0.25, 0.3) is 0 Å². The molecule has 0 aromatic carbocycles. The number of nitrogens with zero attached hydrogens (tertiary/aromatic N) is 1. The van der Waals surface area contributed by atoms with Crippen molar-refractivity contribution < 1.29 is 4.79 Å². The molecule has 1 fully saturated rings. The molecule has 2 heterocycles. The zero-order valence-corrected chi connectivity index (χ0v) is 12.5. The van der Waals surface area contributed by atoms with E-state index in [1.807, 2.05) is 6.07 Å². The minimum absolute atomic E-state index is 0.137. The molecule has 1 aliphatic heterocycles. The summed E-state index contributed by atoms with van der Waals surface area (Å²) < 4.78 is 0. The first-order chi connectivity index (χ1) is 9.13. The molecule has 5 heteroatoms. The van der Waals surface area contributed by atoms with Gasteiger partial charge in [-0.05, 0) is 31.7 Å². The van der Waals surface area contributed by atoms with E-state index in [4.69, 9.17) is 0 Å². The summed E-state index contributed by atoms with van der Waals surface area (Å²) in [5, 5.41) is 8.55. The molecule has 2 unspecified atom stereocenters. The molecule has 2 N–H and O–H groups in total. The zero-order chi connectivity index (χ0) is 13.7. The van der Waals surface area contributed by atoms with Crippen molar-refractivity contribution in [2.45, 2.75) is 32.4 Å². The number of carbonyl (C=O) groups excluding carboxylic acids is 1. The van der Waals surface area contributed by atoms with Crippen molar-refractivity contribution >= 4 is 17.2 Å². The highest BCUT2D eigenvalue weighted by Crippen LogP contribution is 2.08. The second-order valence-corrected chi connectivity index (χ2v) is 6.37. The lowest BCUT2D eigenvalue weighted by Gasteiger charge is -2.35. The summed E-state index contributed by atoms with van der Waals surface area (Å²) in [4.78, 5) is 15.4. The van der Waals surface area contributed by atoms with Crippen molar-refractivity contribution in [1.82, 2.24) is 15.5 Å². The van der Waals surface area contributed by atoms with Crippen LogP contribution < -0.4 is 10.6 Å². The molecule has 0 bridgehead atoms. The molecule has 1 aromatic heterocycles. The third-order valence-corrected chi connectivity index (χ3v) is 4.21. The second-order valence-electron chi connectivity index (χ2n) is 5.34. The number of hydrogen-bond donors (Lipinski definition) is 2. The van der Waals surface area contributed by atoms with Gasteiger partial charge >= 0.3 is 0 Å². The molecular weight excluding hydrogens is 258 g/mol. The summed E-state index contributed by atoms with van der Waals surface area (Å²) in [7, 11) is 0. The topological polar surface area (TPSA) is 44.4 Å². The summed E-state index contributed by atoms with van der Waals surface area (Å²) in [5.74, 6) is 0.137. The number of rotatable bonds is 5. The van der Waals surface area contributed by atoms with E-state index in [-0.39, 0.29) is 5.91 Å². The minimum Gasteiger partial charge on any atom is -0.355 e. The fourth-order valence-electron chi connectivity index (χ4n) is 2.61. The summed E-state index contributed by atoms with van der Waals surface area (Å²) in [6, 6.07) is 5.08. The quantitative estimate of drug-likeness (QED) is 0.849. The molecule has 4 nitrogen and oxygen atoms in total. The van der Waals surface area contributed by atoms with Gasteiger partial charge in [0.1, 0.15) is 0 Å². The number of hydrogen-bond acceptors (Lipinski definition) is 4. The molecule has 0 aliphatic carbocycles. The highest BCUT2D eigenvalue weighted by atomic mass is 32.1. The van der Waals surface area contributed by atoms with E-state index >= 15 is 0 Å². The fourth-order valence-corrected chi connectivity index (χ4v) is 3.32. The summed E-state index contributed by atoms with van der Waals surface area (Å²) >= 11 is 1.74. The van der Waals surface area contributed by atoms with Crippen LogP contribution in [0.5, 0.6) is 0 Å². The normalized spacial score (nSPS) is 24.3. The maximum absolute atomic E-state index is 11.9. The van der Waals surface area contributed by atoms with Gasteiger partial charge < -0.3 is 10.6 Å². The lowest BCUT2D eigenvalue weighted by atomic mass is 10.1. The van der Waals surface area contributed by atoms with Crippen molar-refractivity contribution in [3.05, 3.63) is 22.4 Å². The van der Waals surface area contributed by atoms with Gasteiger partial charge in [0, 0.05) is 36.6 Å². The van der Waals surface area contributed by atoms with Crippen molar-refractivity contribution in [3.8, 4) is 0 Å². The van der Waals surface area contributed by atoms with E-state index in [1.165, 1.54) is 4.88 Å². The van der Waals surface area contributed by atoms with E-state index in [2.05, 4.69) is 40.8 Å². The van der Waals surface area contributed by atoms with Crippen LogP contribution >= 0.6 is 11.3 Å². The third kappa shape index (κ3) is 4.93. The van der Waals surface area contributed by atoms with Gasteiger partial charge in [-0.2, -0.15) is 0 Å². The first kappa shape index (κ1) is 14.5. The van der Waals surface area contributed by atoms with Gasteiger partial charge in [-0.15, -0.1) is 11.3 Å². The van der Waals surface area contributed by atoms with Gasteiger partial charge in [0.15, 0.2) is 0 Å². The molecule has 1 aliphatic rings. The molecule has 0 spiro atoms. The summed E-state index contributed by atoms with van der Waals surface area (Å²) in [6.45, 7) is 7.47. The molecular formula is C14H23N3OS. The number of thiophene rings is 1. The molecule has 0 saturated carbocycles. The number of piperazine rings is 1. The minimum atomic E-state index is 0.137. The van der Waals surface area contributed by atoms with Crippen LogP contribution in [0.15, 0.2) is 17.5 Å². The van der Waals surface area contributed by atoms with Gasteiger partial charge in [-0.3, -0.25) is 9.69 Å². The third-order valence-electron chi connectivity index (χ3n) is 3.27. The van der Waals surface area contributed by atoms with Crippen LogP contribution in [0, 0.1) is 0 Å². The van der Waals surface area contributed by atoms with Gasteiger partial charge in [0.05, 0.1) is 6.54 Å². The Kier molecular flexibility index (Phi) is 5.36. The zero-order valence-electron chi connectivity index (χ0n) is 11.7. The monoisotopic (exact) mass is 281 g/mol. The lowest BCUT2D eigenvalue weighted by Crippen LogP contribution is -2.56. The predicted molar refractivity (Wildman–Crippen MR) is 79.5 cm³/mol. The standard InChI is InChI=1S/C14H23N3OS/c1-11-8-17(9-12(2)16-11)10-14(18)15-6-5-13-4-3-7-19-13/h3-4,7,11-12,16H,5-6,8-10H2,1-2H3,(H,15,18). The molecule has 19 heavy (non-hydrogen) atoms. The molecule has 106 valence electrons. The number of nitrogens with one attached hydrogen (secondary N) is 2. The van der Waals surface area contributed by atoms with E-state index in [0.717, 1.165) is 26.1 Å². The predicted octanol–water partition coefficient (Wildman–Crippen LogP) is 1.09. The van der Waals surface area contributed by atoms with E-state index in [1.54, 1.807) is 11.3 Å². The first-order valence-electron chi connectivity index (χ1n) is 6.91. The highest BCUT2D eigenvalue weighted by molar-refractivity contribution is 7.09. The molecule has 0 radical (unpaired) electrons. The summed E-state index contributed by atoms with van der Waals surface area (Å²) in [6.07, 6.45) is 0.928. The van der Waals surface area contributed by atoms with E-state index < -0.39 is 0 Å². The smallest absolute Gasteiger partial charge is 0.234 e. The van der Waals surface area contributed by atoms with Gasteiger partial charge in [-0.1, -0.05) is 6.07 Å². The van der Waals surface area contributed by atoms with E-state index in [0.29, 0.717) is 18.6 Å². The van der Waals surface area contributed by atoms with Crippen LogP contribution in [0.4, 0.5) is 0 Å². The van der Waals surface area contributed by atoms with Crippen LogP contribution in [-0.2, 0) is 11.2 Å². The van der Waals surface area contributed by atoms with Crippen LogP contribution in [0.3, 0.4) is 0 Å². The van der Waals surface area contributed by atoms with Gasteiger partial charge in [0.2, 0.25) is 5.91 Å². The Morgan fingerprint density at radius 1 is 1.47 bits per heavy atom. The lowest BCUT2D eigenvalue weighted by molar-refractivity contribution is -0.122. The Labute approximate surface area is 119 Å². The summed E-state index contributed by atoms with van der Waals surface area (Å²) in [5.41, 5.74) is 0. The average Bonchev–Trinajstić information content (AvgIpc) is 2.80. The maximum Gasteiger partial charge on any atom is 0.234 e. The van der Waals surface area contributed by atoms with E-state index in [9.17, 15) is 4.79 Å². The molecule has 1 amide bonds. The van der Waals surface area contributed by atoms with Crippen molar-refractivity contribution in [2.75, 3.05) is 26.2 Å². The van der Waals surface area contributed by atoms with Crippen LogP contribution in [0.2, 0.25) is 0 Å². The Hall–Kier alpha value is -0.910. The Morgan fingerprint density at radius 3 is 2.84 bits per heavy atom. The fraction of sp³-hybridized carbons (Fsp3) is 0.643. The van der Waals surface area contributed by atoms with Crippen LogP contribution in [-0.4, -0.2) is 49.1 Å². The molecule has 2 atom stereocenters. The second kappa shape index (κ2) is 7.03. The van der Waals surface area contributed by atoms with Crippen molar-refractivity contribution in [1.29, 1.82) is 0 Å². The Morgan fingerprint density at radius 2 is 2.21 bits per heavy atom. The Bertz CT molecular complexity index is 383. The Balaban J connectivity index is 1.66. The number of carbonyl (C=O) groups is 1. The highest BCUT2D eigenvalue weighted by Gasteiger charge is 2.22.